The van der Waals surface area contributed by atoms with E-state index in [1.54, 1.807) is 0 Å². The number of piperazine rings is 1. The van der Waals surface area contributed by atoms with Gasteiger partial charge in [-0.05, 0) is 33.7 Å². The monoisotopic (exact) mass is 262 g/mol. The fraction of sp³-hybridized carbons (Fsp3) is 1.00. The highest BCUT2D eigenvalue weighted by atomic mass is 79.9. The Labute approximate surface area is 96.8 Å². The highest BCUT2D eigenvalue weighted by molar-refractivity contribution is 9.09. The van der Waals surface area contributed by atoms with E-state index in [0.29, 0.717) is 5.54 Å². The predicted octanol–water partition coefficient (Wildman–Crippen LogP) is 2.19. The molecule has 1 aliphatic heterocycles. The first kappa shape index (κ1) is 12.5. The summed E-state index contributed by atoms with van der Waals surface area (Å²) in [6, 6.07) is 0. The molecule has 0 bridgehead atoms. The second-order valence-electron chi connectivity index (χ2n) is 5.04. The Kier molecular flexibility index (Phi) is 4.88. The zero-order valence-corrected chi connectivity index (χ0v) is 11.3. The minimum atomic E-state index is 0.349. The Bertz CT molecular complexity index is 157. The van der Waals surface area contributed by atoms with E-state index in [1.165, 1.54) is 39.1 Å². The third-order valence-corrected chi connectivity index (χ3v) is 3.49. The molecule has 0 radical (unpaired) electrons. The lowest BCUT2D eigenvalue weighted by atomic mass is 10.1. The number of alkyl halides is 1. The molecule has 0 unspecified atom stereocenters. The average Bonchev–Trinajstić information content (AvgIpc) is 2.14. The maximum absolute atomic E-state index is 3.48. The molecule has 0 aromatic heterocycles. The first-order chi connectivity index (χ1) is 6.54. The molecule has 0 aliphatic carbocycles. The second-order valence-corrected chi connectivity index (χ2v) is 5.84. The fourth-order valence-electron chi connectivity index (χ4n) is 1.93. The summed E-state index contributed by atoms with van der Waals surface area (Å²) in [4.78, 5) is 5.15. The maximum atomic E-state index is 3.48. The van der Waals surface area contributed by atoms with Gasteiger partial charge in [0.25, 0.3) is 0 Å². The van der Waals surface area contributed by atoms with Crippen LogP contribution in [0, 0.1) is 0 Å². The van der Waals surface area contributed by atoms with Crippen LogP contribution in [0.5, 0.6) is 0 Å². The molecule has 3 heteroatoms. The van der Waals surface area contributed by atoms with Crippen molar-refractivity contribution in [1.82, 2.24) is 9.80 Å². The van der Waals surface area contributed by atoms with E-state index in [2.05, 4.69) is 46.5 Å². The standard InChI is InChI=1S/C11H23BrN2/c1-11(2,3)14-9-7-13(8-10-14)6-4-5-12/h4-10H2,1-3H3. The van der Waals surface area contributed by atoms with Crippen molar-refractivity contribution in [3.63, 3.8) is 0 Å². The quantitative estimate of drug-likeness (QED) is 0.720. The summed E-state index contributed by atoms with van der Waals surface area (Å²) in [5, 5.41) is 1.13. The van der Waals surface area contributed by atoms with Crippen LogP contribution in [0.1, 0.15) is 27.2 Å². The van der Waals surface area contributed by atoms with Gasteiger partial charge in [-0.25, -0.2) is 0 Å². The molecule has 0 saturated carbocycles. The zero-order chi connectivity index (χ0) is 10.6. The van der Waals surface area contributed by atoms with Gasteiger partial charge in [0.05, 0.1) is 0 Å². The maximum Gasteiger partial charge on any atom is 0.0126 e. The number of hydrogen-bond donors (Lipinski definition) is 0. The van der Waals surface area contributed by atoms with E-state index < -0.39 is 0 Å². The molecule has 1 aliphatic rings. The summed E-state index contributed by atoms with van der Waals surface area (Å²) in [5.74, 6) is 0. The summed E-state index contributed by atoms with van der Waals surface area (Å²) in [7, 11) is 0. The molecule has 0 amide bonds. The topological polar surface area (TPSA) is 6.48 Å². The van der Waals surface area contributed by atoms with Crippen LogP contribution in [0.4, 0.5) is 0 Å². The molecule has 0 aromatic carbocycles. The Morgan fingerprint density at radius 3 is 2.07 bits per heavy atom. The molecule has 1 rings (SSSR count). The lowest BCUT2D eigenvalue weighted by Crippen LogP contribution is -2.53. The van der Waals surface area contributed by atoms with Gasteiger partial charge in [0.2, 0.25) is 0 Å². The van der Waals surface area contributed by atoms with E-state index in [0.717, 1.165) is 5.33 Å². The lowest BCUT2D eigenvalue weighted by Gasteiger charge is -2.42. The lowest BCUT2D eigenvalue weighted by molar-refractivity contribution is 0.0626. The van der Waals surface area contributed by atoms with Gasteiger partial charge in [-0.15, -0.1) is 0 Å². The Balaban J connectivity index is 2.24. The van der Waals surface area contributed by atoms with Gasteiger partial charge in [0, 0.05) is 37.0 Å². The van der Waals surface area contributed by atoms with E-state index >= 15 is 0 Å². The van der Waals surface area contributed by atoms with Gasteiger partial charge < -0.3 is 4.90 Å². The summed E-state index contributed by atoms with van der Waals surface area (Å²) in [6.45, 7) is 13.1. The van der Waals surface area contributed by atoms with Gasteiger partial charge in [-0.2, -0.15) is 0 Å². The van der Waals surface area contributed by atoms with Crippen LogP contribution in [0.3, 0.4) is 0 Å². The second kappa shape index (κ2) is 5.47. The van der Waals surface area contributed by atoms with Crippen LogP contribution >= 0.6 is 15.9 Å². The molecular formula is C11H23BrN2. The van der Waals surface area contributed by atoms with Crippen molar-refractivity contribution < 1.29 is 0 Å². The summed E-state index contributed by atoms with van der Waals surface area (Å²) < 4.78 is 0. The Morgan fingerprint density at radius 2 is 1.64 bits per heavy atom. The molecule has 0 spiro atoms. The Morgan fingerprint density at radius 1 is 1.07 bits per heavy atom. The van der Waals surface area contributed by atoms with Crippen molar-refractivity contribution in [3.8, 4) is 0 Å². The Hall–Kier alpha value is 0.400. The first-order valence-corrected chi connectivity index (χ1v) is 6.69. The third-order valence-electron chi connectivity index (χ3n) is 2.93. The van der Waals surface area contributed by atoms with Crippen LogP contribution in [0.25, 0.3) is 0 Å². The molecule has 1 fully saturated rings. The van der Waals surface area contributed by atoms with Crippen LogP contribution in [0.15, 0.2) is 0 Å². The molecule has 14 heavy (non-hydrogen) atoms. The van der Waals surface area contributed by atoms with Gasteiger partial charge in [0.15, 0.2) is 0 Å². The third kappa shape index (κ3) is 3.87. The molecule has 2 nitrogen and oxygen atoms in total. The van der Waals surface area contributed by atoms with Gasteiger partial charge >= 0.3 is 0 Å². The van der Waals surface area contributed by atoms with Crippen LogP contribution in [-0.2, 0) is 0 Å². The van der Waals surface area contributed by atoms with Gasteiger partial charge in [-0.3, -0.25) is 4.90 Å². The summed E-state index contributed by atoms with van der Waals surface area (Å²) in [6.07, 6.45) is 1.27. The van der Waals surface area contributed by atoms with Crippen LogP contribution in [-0.4, -0.2) is 53.4 Å². The normalized spacial score (nSPS) is 21.4. The van der Waals surface area contributed by atoms with Gasteiger partial charge in [-0.1, -0.05) is 15.9 Å². The molecule has 84 valence electrons. The molecule has 0 N–H and O–H groups in total. The largest absolute Gasteiger partial charge is 0.301 e. The summed E-state index contributed by atoms with van der Waals surface area (Å²) in [5.41, 5.74) is 0.349. The number of halogens is 1. The van der Waals surface area contributed by atoms with Crippen molar-refractivity contribution in [2.75, 3.05) is 38.1 Å². The van der Waals surface area contributed by atoms with E-state index in [4.69, 9.17) is 0 Å². The molecule has 1 heterocycles. The summed E-state index contributed by atoms with van der Waals surface area (Å²) >= 11 is 3.48. The highest BCUT2D eigenvalue weighted by Gasteiger charge is 2.25. The average molecular weight is 263 g/mol. The van der Waals surface area contributed by atoms with Crippen molar-refractivity contribution in [1.29, 1.82) is 0 Å². The van der Waals surface area contributed by atoms with E-state index in [-0.39, 0.29) is 0 Å². The minimum Gasteiger partial charge on any atom is -0.301 e. The predicted molar refractivity (Wildman–Crippen MR) is 66.2 cm³/mol. The fourth-order valence-corrected chi connectivity index (χ4v) is 2.18. The molecular weight excluding hydrogens is 240 g/mol. The molecule has 1 saturated heterocycles. The number of rotatable bonds is 3. The van der Waals surface area contributed by atoms with E-state index in [9.17, 15) is 0 Å². The molecule has 0 atom stereocenters. The van der Waals surface area contributed by atoms with Crippen molar-refractivity contribution in [3.05, 3.63) is 0 Å². The number of nitrogens with zero attached hydrogens (tertiary/aromatic N) is 2. The van der Waals surface area contributed by atoms with Gasteiger partial charge in [0.1, 0.15) is 0 Å². The highest BCUT2D eigenvalue weighted by Crippen LogP contribution is 2.15. The zero-order valence-electron chi connectivity index (χ0n) is 9.72. The van der Waals surface area contributed by atoms with Crippen molar-refractivity contribution in [2.45, 2.75) is 32.7 Å². The van der Waals surface area contributed by atoms with Crippen molar-refractivity contribution >= 4 is 15.9 Å². The van der Waals surface area contributed by atoms with Crippen LogP contribution in [0.2, 0.25) is 0 Å². The van der Waals surface area contributed by atoms with Crippen LogP contribution < -0.4 is 0 Å². The van der Waals surface area contributed by atoms with E-state index in [1.807, 2.05) is 0 Å². The van der Waals surface area contributed by atoms with Crippen molar-refractivity contribution in [2.24, 2.45) is 0 Å². The minimum absolute atomic E-state index is 0.349. The first-order valence-electron chi connectivity index (χ1n) is 5.57. The molecule has 0 aromatic rings. The smallest absolute Gasteiger partial charge is 0.0126 e. The number of hydrogen-bond acceptors (Lipinski definition) is 2. The SMILES string of the molecule is CC(C)(C)N1CCN(CCCBr)CC1.